The van der Waals surface area contributed by atoms with Crippen molar-refractivity contribution < 1.29 is 13.9 Å². The van der Waals surface area contributed by atoms with Crippen molar-refractivity contribution in [2.24, 2.45) is 5.92 Å². The number of halogens is 2. The van der Waals surface area contributed by atoms with Crippen LogP contribution in [0.5, 0.6) is 0 Å². The Kier molecular flexibility index (Phi) is 8.73. The van der Waals surface area contributed by atoms with E-state index < -0.39 is 0 Å². The van der Waals surface area contributed by atoms with Crippen LogP contribution in [0.4, 0.5) is 4.39 Å². The predicted molar refractivity (Wildman–Crippen MR) is 128 cm³/mol. The molecule has 178 valence electrons. The number of ether oxygens (including phenoxy) is 1. The topological polar surface area (TPSA) is 44.8 Å². The van der Waals surface area contributed by atoms with Gasteiger partial charge in [0.15, 0.2) is 0 Å². The van der Waals surface area contributed by atoms with Gasteiger partial charge in [-0.05, 0) is 60.7 Å². The highest BCUT2D eigenvalue weighted by Gasteiger charge is 2.34. The van der Waals surface area contributed by atoms with E-state index in [-0.39, 0.29) is 11.7 Å². The molecule has 2 saturated heterocycles. The first-order chi connectivity index (χ1) is 16.1. The Hall–Kier alpha value is -1.99. The normalized spacial score (nSPS) is 22.2. The molecule has 0 unspecified atom stereocenters. The fourth-order valence-electron chi connectivity index (χ4n) is 5.01. The van der Waals surface area contributed by atoms with Crippen LogP contribution in [-0.2, 0) is 22.6 Å². The molecule has 1 N–H and O–H groups in total. The lowest BCUT2D eigenvalue weighted by Crippen LogP contribution is -2.54. The number of likely N-dealkylation sites (tertiary alicyclic amines) is 1. The summed E-state index contributed by atoms with van der Waals surface area (Å²) in [4.78, 5) is 17.6. The van der Waals surface area contributed by atoms with E-state index in [1.807, 2.05) is 18.2 Å². The number of carbonyl (C=O) groups excluding carboxylic acids is 1. The van der Waals surface area contributed by atoms with Gasteiger partial charge in [-0.1, -0.05) is 35.9 Å². The summed E-state index contributed by atoms with van der Waals surface area (Å²) >= 11 is 6.04. The summed E-state index contributed by atoms with van der Waals surface area (Å²) < 4.78 is 18.9. The molecule has 33 heavy (non-hydrogen) atoms. The van der Waals surface area contributed by atoms with E-state index in [1.165, 1.54) is 17.7 Å². The maximum absolute atomic E-state index is 13.4. The van der Waals surface area contributed by atoms with Crippen molar-refractivity contribution in [3.63, 3.8) is 0 Å². The highest BCUT2D eigenvalue weighted by molar-refractivity contribution is 6.30. The van der Waals surface area contributed by atoms with Crippen LogP contribution < -0.4 is 5.32 Å². The minimum atomic E-state index is -0.280. The highest BCUT2D eigenvalue weighted by atomic mass is 35.5. The van der Waals surface area contributed by atoms with Gasteiger partial charge >= 0.3 is 0 Å². The molecule has 0 spiro atoms. The van der Waals surface area contributed by atoms with Crippen molar-refractivity contribution in [2.75, 3.05) is 39.4 Å². The van der Waals surface area contributed by atoms with Gasteiger partial charge in [-0.3, -0.25) is 14.6 Å². The van der Waals surface area contributed by atoms with Crippen LogP contribution in [0.1, 0.15) is 30.4 Å². The molecular formula is C26H33ClFN3O2. The second-order valence-corrected chi connectivity index (χ2v) is 9.51. The molecule has 5 nitrogen and oxygen atoms in total. The predicted octanol–water partition coefficient (Wildman–Crippen LogP) is 4.10. The summed E-state index contributed by atoms with van der Waals surface area (Å²) in [5.74, 6) is 0.164. The molecule has 2 heterocycles. The first-order valence-electron chi connectivity index (χ1n) is 11.9. The molecule has 2 aromatic rings. The molecule has 0 saturated carbocycles. The van der Waals surface area contributed by atoms with Gasteiger partial charge in [-0.25, -0.2) is 4.39 Å². The fourth-order valence-corrected chi connectivity index (χ4v) is 5.14. The molecule has 0 aliphatic carbocycles. The standard InChI is InChI=1S/C26H33ClFN3O2/c27-23-7-4-20(5-8-23)18-30-11-10-25(31-12-14-33-15-13-31)22(19-30)6-9-26(32)29-17-21-2-1-3-24(28)16-21/h1-5,7-8,16,22,25H,6,9-15,17-19H2,(H,29,32)/t22-,25+/m1/s1. The molecule has 0 aromatic heterocycles. The third-order valence-corrected chi connectivity index (χ3v) is 6.98. The number of benzene rings is 2. The van der Waals surface area contributed by atoms with Crippen molar-refractivity contribution in [1.29, 1.82) is 0 Å². The van der Waals surface area contributed by atoms with E-state index in [4.69, 9.17) is 16.3 Å². The number of nitrogens with zero attached hydrogens (tertiary/aromatic N) is 2. The number of piperidine rings is 1. The Morgan fingerprint density at radius 1 is 1.09 bits per heavy atom. The molecule has 0 bridgehead atoms. The van der Waals surface area contributed by atoms with Crippen molar-refractivity contribution in [2.45, 2.75) is 38.4 Å². The van der Waals surface area contributed by atoms with E-state index in [0.29, 0.717) is 24.9 Å². The van der Waals surface area contributed by atoms with Crippen molar-refractivity contribution >= 4 is 17.5 Å². The van der Waals surface area contributed by atoms with Gasteiger partial charge in [0.2, 0.25) is 5.91 Å². The zero-order chi connectivity index (χ0) is 23.0. The number of nitrogens with one attached hydrogen (secondary N) is 1. The quantitative estimate of drug-likeness (QED) is 0.627. The summed E-state index contributed by atoms with van der Waals surface area (Å²) in [5, 5.41) is 3.71. The third-order valence-electron chi connectivity index (χ3n) is 6.73. The monoisotopic (exact) mass is 473 g/mol. The molecular weight excluding hydrogens is 441 g/mol. The lowest BCUT2D eigenvalue weighted by molar-refractivity contribution is -0.121. The van der Waals surface area contributed by atoms with Crippen LogP contribution in [0.15, 0.2) is 48.5 Å². The van der Waals surface area contributed by atoms with Crippen molar-refractivity contribution in [1.82, 2.24) is 15.1 Å². The molecule has 2 aliphatic rings. The van der Waals surface area contributed by atoms with E-state index in [0.717, 1.165) is 69.4 Å². The summed E-state index contributed by atoms with van der Waals surface area (Å²) in [6.45, 7) is 6.77. The molecule has 2 aromatic carbocycles. The van der Waals surface area contributed by atoms with Crippen LogP contribution in [0, 0.1) is 11.7 Å². The lowest BCUT2D eigenvalue weighted by Gasteiger charge is -2.45. The summed E-state index contributed by atoms with van der Waals surface area (Å²) in [7, 11) is 0. The van der Waals surface area contributed by atoms with E-state index >= 15 is 0 Å². The summed E-state index contributed by atoms with van der Waals surface area (Å²) in [5.41, 5.74) is 2.04. The van der Waals surface area contributed by atoms with Crippen LogP contribution in [-0.4, -0.2) is 61.1 Å². The Labute approximate surface area is 200 Å². The maximum atomic E-state index is 13.4. The highest BCUT2D eigenvalue weighted by Crippen LogP contribution is 2.28. The molecule has 2 fully saturated rings. The Morgan fingerprint density at radius 3 is 2.64 bits per heavy atom. The largest absolute Gasteiger partial charge is 0.379 e. The first kappa shape index (κ1) is 24.1. The van der Waals surface area contributed by atoms with E-state index in [9.17, 15) is 9.18 Å². The second kappa shape index (κ2) is 11.9. The number of carbonyl (C=O) groups is 1. The molecule has 4 rings (SSSR count). The average molecular weight is 474 g/mol. The lowest BCUT2D eigenvalue weighted by atomic mass is 9.86. The number of morpholine rings is 1. The first-order valence-corrected chi connectivity index (χ1v) is 12.2. The number of hydrogen-bond donors (Lipinski definition) is 1. The molecule has 1 amide bonds. The number of rotatable bonds is 8. The molecule has 0 radical (unpaired) electrons. The average Bonchev–Trinajstić information content (AvgIpc) is 2.83. The van der Waals surface area contributed by atoms with Crippen molar-refractivity contribution in [3.05, 3.63) is 70.5 Å². The van der Waals surface area contributed by atoms with Crippen LogP contribution >= 0.6 is 11.6 Å². The minimum absolute atomic E-state index is 0.0230. The molecule has 7 heteroatoms. The van der Waals surface area contributed by atoms with Gasteiger partial charge in [-0.15, -0.1) is 0 Å². The van der Waals surface area contributed by atoms with Crippen molar-refractivity contribution in [3.8, 4) is 0 Å². The Balaban J connectivity index is 1.33. The van der Waals surface area contributed by atoms with Crippen LogP contribution in [0.2, 0.25) is 5.02 Å². The van der Waals surface area contributed by atoms with Crippen LogP contribution in [0.3, 0.4) is 0 Å². The fraction of sp³-hybridized carbons (Fsp3) is 0.500. The smallest absolute Gasteiger partial charge is 0.220 e. The Bertz CT molecular complexity index is 905. The van der Waals surface area contributed by atoms with E-state index in [1.54, 1.807) is 6.07 Å². The summed E-state index contributed by atoms with van der Waals surface area (Å²) in [6, 6.07) is 14.9. The van der Waals surface area contributed by atoms with Gasteiger partial charge in [0.25, 0.3) is 0 Å². The second-order valence-electron chi connectivity index (χ2n) is 9.07. The summed E-state index contributed by atoms with van der Waals surface area (Å²) in [6.07, 6.45) is 2.42. The number of hydrogen-bond acceptors (Lipinski definition) is 4. The third kappa shape index (κ3) is 7.24. The van der Waals surface area contributed by atoms with Crippen LogP contribution in [0.25, 0.3) is 0 Å². The zero-order valence-corrected chi connectivity index (χ0v) is 19.8. The SMILES string of the molecule is O=C(CC[C@@H]1CN(Cc2ccc(Cl)cc2)CC[C@@H]1N1CCOCC1)NCc1cccc(F)c1. The zero-order valence-electron chi connectivity index (χ0n) is 19.0. The van der Waals surface area contributed by atoms with Gasteiger partial charge in [0, 0.05) is 50.2 Å². The minimum Gasteiger partial charge on any atom is -0.379 e. The number of amides is 1. The maximum Gasteiger partial charge on any atom is 0.220 e. The van der Waals surface area contributed by atoms with Gasteiger partial charge in [0.1, 0.15) is 5.82 Å². The van der Waals surface area contributed by atoms with Gasteiger partial charge < -0.3 is 10.1 Å². The van der Waals surface area contributed by atoms with Gasteiger partial charge in [-0.2, -0.15) is 0 Å². The molecule has 2 atom stereocenters. The van der Waals surface area contributed by atoms with E-state index in [2.05, 4.69) is 27.2 Å². The Morgan fingerprint density at radius 2 is 1.88 bits per heavy atom. The van der Waals surface area contributed by atoms with Gasteiger partial charge in [0.05, 0.1) is 13.2 Å². The molecule has 2 aliphatic heterocycles.